The first kappa shape index (κ1) is 17.0. The number of nitrogens with two attached hydrogens (primary N) is 1. The SMILES string of the molecule is COCC[C@@H](NC(=O)c1cc(=O)c2cc(Cl)ccc2o1)C(N)=O. The summed E-state index contributed by atoms with van der Waals surface area (Å²) in [7, 11) is 1.47. The monoisotopic (exact) mass is 338 g/mol. The minimum Gasteiger partial charge on any atom is -0.451 e. The maximum atomic E-state index is 12.2. The third-order valence-electron chi connectivity index (χ3n) is 3.17. The number of rotatable bonds is 6. The van der Waals surface area contributed by atoms with Gasteiger partial charge in [-0.15, -0.1) is 0 Å². The van der Waals surface area contributed by atoms with E-state index in [0.717, 1.165) is 6.07 Å². The van der Waals surface area contributed by atoms with Crippen molar-refractivity contribution >= 4 is 34.4 Å². The summed E-state index contributed by atoms with van der Waals surface area (Å²) in [5.74, 6) is -1.63. The van der Waals surface area contributed by atoms with Gasteiger partial charge in [0.05, 0.1) is 5.39 Å². The van der Waals surface area contributed by atoms with Crippen LogP contribution in [0.2, 0.25) is 5.02 Å². The van der Waals surface area contributed by atoms with Crippen LogP contribution in [-0.4, -0.2) is 31.6 Å². The van der Waals surface area contributed by atoms with Crippen molar-refractivity contribution in [3.8, 4) is 0 Å². The predicted octanol–water partition coefficient (Wildman–Crippen LogP) is 1.07. The van der Waals surface area contributed by atoms with Crippen LogP contribution >= 0.6 is 11.6 Å². The van der Waals surface area contributed by atoms with Gasteiger partial charge in [-0.2, -0.15) is 0 Å². The number of amides is 2. The van der Waals surface area contributed by atoms with E-state index in [4.69, 9.17) is 26.5 Å². The largest absolute Gasteiger partial charge is 0.451 e. The Morgan fingerprint density at radius 2 is 2.13 bits per heavy atom. The van der Waals surface area contributed by atoms with Crippen LogP contribution in [0.3, 0.4) is 0 Å². The first-order chi connectivity index (χ1) is 10.9. The molecular formula is C15H15ClN2O5. The van der Waals surface area contributed by atoms with Crippen molar-refractivity contribution in [3.63, 3.8) is 0 Å². The van der Waals surface area contributed by atoms with Gasteiger partial charge in [-0.05, 0) is 24.6 Å². The third kappa shape index (κ3) is 4.08. The Morgan fingerprint density at radius 1 is 1.39 bits per heavy atom. The molecule has 0 aliphatic heterocycles. The zero-order chi connectivity index (χ0) is 17.0. The number of carbonyl (C=O) groups is 2. The van der Waals surface area contributed by atoms with Crippen molar-refractivity contribution in [2.24, 2.45) is 5.73 Å². The lowest BCUT2D eigenvalue weighted by atomic mass is 10.2. The molecule has 8 heteroatoms. The van der Waals surface area contributed by atoms with Crippen LogP contribution in [0.1, 0.15) is 17.0 Å². The molecule has 0 saturated carbocycles. The number of halogens is 1. The molecule has 1 aromatic carbocycles. The quantitative estimate of drug-likeness (QED) is 0.818. The average molecular weight is 339 g/mol. The molecule has 0 bridgehead atoms. The number of primary amides is 1. The van der Waals surface area contributed by atoms with E-state index in [1.165, 1.54) is 19.2 Å². The smallest absolute Gasteiger partial charge is 0.287 e. The molecule has 23 heavy (non-hydrogen) atoms. The van der Waals surface area contributed by atoms with Gasteiger partial charge in [-0.3, -0.25) is 14.4 Å². The molecule has 122 valence electrons. The highest BCUT2D eigenvalue weighted by molar-refractivity contribution is 6.31. The van der Waals surface area contributed by atoms with E-state index >= 15 is 0 Å². The fraction of sp³-hybridized carbons (Fsp3) is 0.267. The molecule has 1 aromatic heterocycles. The molecule has 7 nitrogen and oxygen atoms in total. The maximum absolute atomic E-state index is 12.2. The van der Waals surface area contributed by atoms with Crippen LogP contribution in [0.25, 0.3) is 11.0 Å². The Morgan fingerprint density at radius 3 is 2.78 bits per heavy atom. The van der Waals surface area contributed by atoms with Gasteiger partial charge in [0.25, 0.3) is 5.91 Å². The van der Waals surface area contributed by atoms with Crippen molar-refractivity contribution in [1.82, 2.24) is 5.32 Å². The number of hydrogen-bond donors (Lipinski definition) is 2. The lowest BCUT2D eigenvalue weighted by Gasteiger charge is -2.14. The van der Waals surface area contributed by atoms with Gasteiger partial charge in [0.15, 0.2) is 11.2 Å². The van der Waals surface area contributed by atoms with Crippen molar-refractivity contribution in [3.05, 3.63) is 45.3 Å². The molecule has 2 amide bonds. The Labute approximate surface area is 136 Å². The lowest BCUT2D eigenvalue weighted by molar-refractivity contribution is -0.120. The number of ether oxygens (including phenoxy) is 1. The molecule has 2 aromatic rings. The zero-order valence-electron chi connectivity index (χ0n) is 12.3. The molecule has 3 N–H and O–H groups in total. The molecule has 0 radical (unpaired) electrons. The second kappa shape index (κ2) is 7.26. The fourth-order valence-corrected chi connectivity index (χ4v) is 2.16. The number of methoxy groups -OCH3 is 1. The minimum atomic E-state index is -0.923. The highest BCUT2D eigenvalue weighted by Gasteiger charge is 2.21. The van der Waals surface area contributed by atoms with Gasteiger partial charge in [0.2, 0.25) is 5.91 Å². The molecule has 2 rings (SSSR count). The van der Waals surface area contributed by atoms with E-state index in [9.17, 15) is 14.4 Å². The summed E-state index contributed by atoms with van der Waals surface area (Å²) >= 11 is 5.82. The molecule has 0 aliphatic carbocycles. The number of carbonyl (C=O) groups excluding carboxylic acids is 2. The summed E-state index contributed by atoms with van der Waals surface area (Å²) < 4.78 is 10.2. The van der Waals surface area contributed by atoms with Crippen LogP contribution in [-0.2, 0) is 9.53 Å². The minimum absolute atomic E-state index is 0.213. The van der Waals surface area contributed by atoms with Crippen LogP contribution in [0.5, 0.6) is 0 Å². The first-order valence-electron chi connectivity index (χ1n) is 6.75. The zero-order valence-corrected chi connectivity index (χ0v) is 13.1. The van der Waals surface area contributed by atoms with Crippen LogP contribution < -0.4 is 16.5 Å². The van der Waals surface area contributed by atoms with Gasteiger partial charge in [-0.25, -0.2) is 0 Å². The molecule has 0 spiro atoms. The summed E-state index contributed by atoms with van der Waals surface area (Å²) in [5, 5.41) is 3.07. The second-order valence-electron chi connectivity index (χ2n) is 4.83. The summed E-state index contributed by atoms with van der Waals surface area (Å²) in [6.45, 7) is 0.244. The standard InChI is InChI=1S/C15H15ClN2O5/c1-22-5-4-10(14(17)20)18-15(21)13-7-11(19)9-6-8(16)2-3-12(9)23-13/h2-3,6-7,10H,4-5H2,1H3,(H2,17,20)(H,18,21)/t10-/m1/s1. The maximum Gasteiger partial charge on any atom is 0.287 e. The molecule has 0 aliphatic rings. The first-order valence-corrected chi connectivity index (χ1v) is 7.12. The highest BCUT2D eigenvalue weighted by Crippen LogP contribution is 2.17. The number of nitrogens with one attached hydrogen (secondary N) is 1. The van der Waals surface area contributed by atoms with E-state index in [2.05, 4.69) is 5.32 Å². The normalized spacial score (nSPS) is 12.1. The fourth-order valence-electron chi connectivity index (χ4n) is 1.99. The third-order valence-corrected chi connectivity index (χ3v) is 3.41. The van der Waals surface area contributed by atoms with Crippen molar-refractivity contribution in [2.75, 3.05) is 13.7 Å². The van der Waals surface area contributed by atoms with Crippen molar-refractivity contribution in [1.29, 1.82) is 0 Å². The van der Waals surface area contributed by atoms with Crippen LogP contribution in [0.15, 0.2) is 33.5 Å². The van der Waals surface area contributed by atoms with Crippen molar-refractivity contribution < 1.29 is 18.7 Å². The van der Waals surface area contributed by atoms with Crippen LogP contribution in [0.4, 0.5) is 0 Å². The summed E-state index contributed by atoms with van der Waals surface area (Å²) in [5.41, 5.74) is 5.04. The Bertz CT molecular complexity index is 802. The van der Waals surface area contributed by atoms with Gasteiger partial charge < -0.3 is 20.2 Å². The molecule has 0 fully saturated rings. The predicted molar refractivity (Wildman–Crippen MR) is 84.4 cm³/mol. The van der Waals surface area contributed by atoms with E-state index < -0.39 is 23.3 Å². The molecule has 1 heterocycles. The van der Waals surface area contributed by atoms with E-state index in [0.29, 0.717) is 5.02 Å². The van der Waals surface area contributed by atoms with Gasteiger partial charge in [-0.1, -0.05) is 11.6 Å². The Hall–Kier alpha value is -2.38. The van der Waals surface area contributed by atoms with Crippen LogP contribution in [0, 0.1) is 0 Å². The number of benzene rings is 1. The number of fused-ring (bicyclic) bond motifs is 1. The lowest BCUT2D eigenvalue weighted by Crippen LogP contribution is -2.45. The van der Waals surface area contributed by atoms with Gasteiger partial charge in [0.1, 0.15) is 11.6 Å². The molecule has 0 saturated heterocycles. The molecular weight excluding hydrogens is 324 g/mol. The molecule has 0 unspecified atom stereocenters. The topological polar surface area (TPSA) is 112 Å². The number of hydrogen-bond acceptors (Lipinski definition) is 5. The molecule has 1 atom stereocenters. The average Bonchev–Trinajstić information content (AvgIpc) is 2.51. The van der Waals surface area contributed by atoms with E-state index in [1.54, 1.807) is 6.07 Å². The van der Waals surface area contributed by atoms with E-state index in [-0.39, 0.29) is 29.8 Å². The Balaban J connectivity index is 2.28. The Kier molecular flexibility index (Phi) is 5.36. The highest BCUT2D eigenvalue weighted by atomic mass is 35.5. The summed E-state index contributed by atoms with van der Waals surface area (Å²) in [6, 6.07) is 4.61. The summed E-state index contributed by atoms with van der Waals surface area (Å²) in [4.78, 5) is 35.5. The van der Waals surface area contributed by atoms with Gasteiger partial charge in [0, 0.05) is 24.8 Å². The second-order valence-corrected chi connectivity index (χ2v) is 5.26. The van der Waals surface area contributed by atoms with Gasteiger partial charge >= 0.3 is 0 Å². The van der Waals surface area contributed by atoms with Crippen molar-refractivity contribution in [2.45, 2.75) is 12.5 Å². The summed E-state index contributed by atoms with van der Waals surface area (Å²) in [6.07, 6.45) is 0.213. The van der Waals surface area contributed by atoms with E-state index in [1.807, 2.05) is 0 Å².